The van der Waals surface area contributed by atoms with Gasteiger partial charge in [0.05, 0.1) is 11.7 Å². The maximum atomic E-state index is 11.7. The van der Waals surface area contributed by atoms with Gasteiger partial charge < -0.3 is 20.4 Å². The number of carbonyl (C=O) groups is 2. The lowest BCUT2D eigenvalue weighted by Crippen LogP contribution is -2.28. The highest BCUT2D eigenvalue weighted by molar-refractivity contribution is 7.99. The van der Waals surface area contributed by atoms with Crippen LogP contribution < -0.4 is 15.2 Å². The van der Waals surface area contributed by atoms with E-state index in [1.807, 2.05) is 0 Å². The Hall–Kier alpha value is -2.54. The Bertz CT molecular complexity index is 658. The van der Waals surface area contributed by atoms with Crippen LogP contribution in [0.15, 0.2) is 53.7 Å². The molecule has 6 nitrogen and oxygen atoms in total. The second-order valence-corrected chi connectivity index (χ2v) is 5.06. The van der Waals surface area contributed by atoms with Crippen LogP contribution in [0.2, 0.25) is 0 Å². The maximum Gasteiger partial charge on any atom is 0.251 e. The van der Waals surface area contributed by atoms with Crippen molar-refractivity contribution in [2.45, 2.75) is 5.03 Å². The molecule has 0 aliphatic heterocycles. The molecular formula is C14H11N2O4S-. The maximum absolute atomic E-state index is 11.7. The van der Waals surface area contributed by atoms with E-state index in [4.69, 9.17) is 0 Å². The minimum Gasteiger partial charge on any atom is -0.618 e. The van der Waals surface area contributed by atoms with Gasteiger partial charge in [-0.15, -0.1) is 0 Å². The number of aromatic nitrogens is 1. The molecule has 2 rings (SSSR count). The molecule has 0 fully saturated rings. The molecule has 0 radical (unpaired) electrons. The Morgan fingerprint density at radius 1 is 1.14 bits per heavy atom. The fourth-order valence-corrected chi connectivity index (χ4v) is 2.26. The lowest BCUT2D eigenvalue weighted by molar-refractivity contribution is -0.645. The van der Waals surface area contributed by atoms with Crippen molar-refractivity contribution in [3.8, 4) is 0 Å². The first-order valence-corrected chi connectivity index (χ1v) is 6.97. The van der Waals surface area contributed by atoms with E-state index in [2.05, 4.69) is 5.32 Å². The molecule has 2 aromatic rings. The standard InChI is InChI=1S/C14H12N2O4S/c17-12(9-21-13-3-1-2-8-16(13)20)15-11-6-4-10(5-7-11)14(18)19/h1-8H,9H2,(H,15,17)(H,18,19)/p-1. The second-order valence-electron chi connectivity index (χ2n) is 4.07. The van der Waals surface area contributed by atoms with Crippen LogP contribution in [-0.2, 0) is 4.79 Å². The van der Waals surface area contributed by atoms with Gasteiger partial charge in [-0.05, 0) is 35.5 Å². The third-order valence-corrected chi connectivity index (χ3v) is 3.56. The molecule has 0 saturated carbocycles. The van der Waals surface area contributed by atoms with Crippen molar-refractivity contribution in [2.75, 3.05) is 11.1 Å². The van der Waals surface area contributed by atoms with Crippen LogP contribution in [0, 0.1) is 5.21 Å². The number of aromatic carboxylic acids is 1. The van der Waals surface area contributed by atoms with Gasteiger partial charge in [-0.25, -0.2) is 0 Å². The number of rotatable bonds is 5. The highest BCUT2D eigenvalue weighted by atomic mass is 32.2. The van der Waals surface area contributed by atoms with Crippen LogP contribution in [0.1, 0.15) is 10.4 Å². The zero-order chi connectivity index (χ0) is 15.2. The van der Waals surface area contributed by atoms with Crippen molar-refractivity contribution < 1.29 is 19.4 Å². The van der Waals surface area contributed by atoms with E-state index >= 15 is 0 Å². The van der Waals surface area contributed by atoms with E-state index in [1.54, 1.807) is 18.2 Å². The second kappa shape index (κ2) is 6.76. The van der Waals surface area contributed by atoms with Gasteiger partial charge in [0.15, 0.2) is 6.20 Å². The zero-order valence-corrected chi connectivity index (χ0v) is 11.6. The molecule has 0 saturated heterocycles. The minimum atomic E-state index is -1.27. The predicted molar refractivity (Wildman–Crippen MR) is 75.5 cm³/mol. The molecule has 0 aliphatic carbocycles. The first-order chi connectivity index (χ1) is 10.1. The van der Waals surface area contributed by atoms with Crippen molar-refractivity contribution in [2.24, 2.45) is 0 Å². The van der Waals surface area contributed by atoms with Crippen molar-refractivity contribution >= 4 is 29.3 Å². The molecule has 1 heterocycles. The summed E-state index contributed by atoms with van der Waals surface area (Å²) in [5.74, 6) is -1.48. The molecule has 21 heavy (non-hydrogen) atoms. The number of hydrogen-bond acceptors (Lipinski definition) is 5. The Morgan fingerprint density at radius 3 is 2.48 bits per heavy atom. The number of nitrogens with one attached hydrogen (secondary N) is 1. The van der Waals surface area contributed by atoms with Crippen LogP contribution in [0.5, 0.6) is 0 Å². The highest BCUT2D eigenvalue weighted by Gasteiger charge is 2.09. The van der Waals surface area contributed by atoms with E-state index in [9.17, 15) is 19.9 Å². The van der Waals surface area contributed by atoms with Crippen molar-refractivity contribution in [3.63, 3.8) is 0 Å². The van der Waals surface area contributed by atoms with Crippen LogP contribution in [0.25, 0.3) is 0 Å². The van der Waals surface area contributed by atoms with Crippen LogP contribution in [0.3, 0.4) is 0 Å². The van der Waals surface area contributed by atoms with Gasteiger partial charge in [-0.3, -0.25) is 4.79 Å². The first-order valence-electron chi connectivity index (χ1n) is 5.98. The summed E-state index contributed by atoms with van der Waals surface area (Å²) in [6, 6.07) is 10.6. The third kappa shape index (κ3) is 4.22. The van der Waals surface area contributed by atoms with E-state index in [0.29, 0.717) is 15.4 Å². The van der Waals surface area contributed by atoms with Crippen molar-refractivity contribution in [1.82, 2.24) is 0 Å². The quantitative estimate of drug-likeness (QED) is 0.490. The zero-order valence-electron chi connectivity index (χ0n) is 10.8. The number of carbonyl (C=O) groups excluding carboxylic acids is 2. The Kier molecular flexibility index (Phi) is 4.78. The summed E-state index contributed by atoms with van der Waals surface area (Å²) in [6.07, 6.45) is 1.36. The summed E-state index contributed by atoms with van der Waals surface area (Å²) in [5, 5.41) is 25.0. The highest BCUT2D eigenvalue weighted by Crippen LogP contribution is 2.14. The molecule has 1 amide bonds. The van der Waals surface area contributed by atoms with Crippen LogP contribution in [0.4, 0.5) is 5.69 Å². The molecule has 0 bridgehead atoms. The smallest absolute Gasteiger partial charge is 0.251 e. The minimum absolute atomic E-state index is 0.0408. The summed E-state index contributed by atoms with van der Waals surface area (Å²) in [7, 11) is 0. The average Bonchev–Trinajstić information content (AvgIpc) is 2.47. The number of pyridine rings is 1. The molecule has 7 heteroatoms. The Morgan fingerprint density at radius 2 is 1.86 bits per heavy atom. The Balaban J connectivity index is 1.90. The van der Waals surface area contributed by atoms with Crippen LogP contribution >= 0.6 is 11.8 Å². The third-order valence-electron chi connectivity index (χ3n) is 2.54. The lowest BCUT2D eigenvalue weighted by Gasteiger charge is -2.07. The molecule has 0 aliphatic rings. The van der Waals surface area contributed by atoms with Gasteiger partial charge in [0, 0.05) is 17.8 Å². The fourth-order valence-electron chi connectivity index (χ4n) is 1.55. The number of anilines is 1. The summed E-state index contributed by atoms with van der Waals surface area (Å²) in [5.41, 5.74) is 0.521. The number of thioether (sulfide) groups is 1. The summed E-state index contributed by atoms with van der Waals surface area (Å²) >= 11 is 1.12. The number of carboxylic acids is 1. The van der Waals surface area contributed by atoms with Gasteiger partial charge in [-0.2, -0.15) is 4.73 Å². The van der Waals surface area contributed by atoms with Gasteiger partial charge in [0.1, 0.15) is 0 Å². The lowest BCUT2D eigenvalue weighted by atomic mass is 10.2. The molecule has 1 aromatic heterocycles. The number of hydrogen-bond donors (Lipinski definition) is 1. The largest absolute Gasteiger partial charge is 0.618 e. The average molecular weight is 303 g/mol. The summed E-state index contributed by atoms with van der Waals surface area (Å²) in [6.45, 7) is 0. The molecule has 0 unspecified atom stereocenters. The topological polar surface area (TPSA) is 96.2 Å². The van der Waals surface area contributed by atoms with Crippen molar-refractivity contribution in [3.05, 3.63) is 59.4 Å². The molecular weight excluding hydrogens is 292 g/mol. The number of benzene rings is 1. The Labute approximate surface area is 125 Å². The fraction of sp³-hybridized carbons (Fsp3) is 0.0714. The normalized spacial score (nSPS) is 10.1. The van der Waals surface area contributed by atoms with Gasteiger partial charge in [-0.1, -0.05) is 12.1 Å². The molecule has 1 aromatic carbocycles. The predicted octanol–water partition coefficient (Wildman–Crippen LogP) is 0.414. The molecule has 108 valence electrons. The SMILES string of the molecule is O=C(CSc1cccc[n+]1[O-])Nc1ccc(C(=O)[O-])cc1. The van der Waals surface area contributed by atoms with E-state index in [-0.39, 0.29) is 17.2 Å². The molecule has 0 spiro atoms. The number of amides is 1. The summed E-state index contributed by atoms with van der Waals surface area (Å²) in [4.78, 5) is 22.3. The first kappa shape index (κ1) is 14.9. The monoisotopic (exact) mass is 303 g/mol. The number of nitrogens with zero attached hydrogens (tertiary/aromatic N) is 1. The molecule has 0 atom stereocenters. The molecule has 1 N–H and O–H groups in total. The van der Waals surface area contributed by atoms with Gasteiger partial charge >= 0.3 is 0 Å². The van der Waals surface area contributed by atoms with Crippen LogP contribution in [-0.4, -0.2) is 17.6 Å². The van der Waals surface area contributed by atoms with E-state index in [1.165, 1.54) is 30.5 Å². The van der Waals surface area contributed by atoms with E-state index < -0.39 is 5.97 Å². The summed E-state index contributed by atoms with van der Waals surface area (Å²) < 4.78 is 0.687. The van der Waals surface area contributed by atoms with Gasteiger partial charge in [0.25, 0.3) is 5.03 Å². The van der Waals surface area contributed by atoms with E-state index in [0.717, 1.165) is 11.8 Å². The van der Waals surface area contributed by atoms with Gasteiger partial charge in [0.2, 0.25) is 5.91 Å². The number of carboxylic acid groups (broad SMARTS) is 1. The van der Waals surface area contributed by atoms with Crippen molar-refractivity contribution in [1.29, 1.82) is 0 Å².